The zero-order valence-electron chi connectivity index (χ0n) is 14.5. The molecule has 2 saturated carbocycles. The quantitative estimate of drug-likeness (QED) is 0.903. The Hall–Kier alpha value is -1.55. The Bertz CT molecular complexity index is 584. The first kappa shape index (κ1) is 15.9. The molecule has 1 saturated heterocycles. The molecule has 0 radical (unpaired) electrons. The van der Waals surface area contributed by atoms with Crippen LogP contribution in [0.4, 0.5) is 5.69 Å². The average Bonchev–Trinajstić information content (AvgIpc) is 3.48. The maximum Gasteiger partial charge on any atom is 0.254 e. The molecule has 1 atom stereocenters. The van der Waals surface area contributed by atoms with E-state index in [2.05, 4.69) is 28.9 Å². The lowest BCUT2D eigenvalue weighted by Gasteiger charge is -2.32. The highest BCUT2D eigenvalue weighted by Crippen LogP contribution is 2.40. The summed E-state index contributed by atoms with van der Waals surface area (Å²) in [4.78, 5) is 17.5. The largest absolute Gasteiger partial charge is 0.393 e. The van der Waals surface area contributed by atoms with Gasteiger partial charge in [0.2, 0.25) is 0 Å². The van der Waals surface area contributed by atoms with Gasteiger partial charge in [0.25, 0.3) is 5.91 Å². The smallest absolute Gasteiger partial charge is 0.254 e. The summed E-state index contributed by atoms with van der Waals surface area (Å²) < 4.78 is 0. The van der Waals surface area contributed by atoms with Gasteiger partial charge in [-0.05, 0) is 75.6 Å². The summed E-state index contributed by atoms with van der Waals surface area (Å²) in [6, 6.07) is 8.95. The van der Waals surface area contributed by atoms with E-state index >= 15 is 0 Å². The molecule has 1 N–H and O–H groups in total. The second-order valence-electron chi connectivity index (χ2n) is 7.79. The number of carbonyl (C=O) groups excluding carboxylic acids is 1. The predicted molar refractivity (Wildman–Crippen MR) is 95.3 cm³/mol. The van der Waals surface area contributed by atoms with E-state index < -0.39 is 0 Å². The molecule has 4 nitrogen and oxygen atoms in total. The minimum atomic E-state index is -0.155. The molecule has 24 heavy (non-hydrogen) atoms. The first-order valence-electron chi connectivity index (χ1n) is 9.49. The molecule has 1 aromatic rings. The molecule has 0 aromatic heterocycles. The number of hydrogen-bond acceptors (Lipinski definition) is 3. The van der Waals surface area contributed by atoms with E-state index in [-0.39, 0.29) is 12.0 Å². The summed E-state index contributed by atoms with van der Waals surface area (Å²) in [7, 11) is 0. The second-order valence-corrected chi connectivity index (χ2v) is 7.79. The Labute approximate surface area is 144 Å². The van der Waals surface area contributed by atoms with Crippen LogP contribution < -0.4 is 4.90 Å². The lowest BCUT2D eigenvalue weighted by atomic mass is 10.1. The van der Waals surface area contributed by atoms with Crippen molar-refractivity contribution in [3.8, 4) is 0 Å². The first-order valence-corrected chi connectivity index (χ1v) is 9.49. The van der Waals surface area contributed by atoms with Gasteiger partial charge in [0.1, 0.15) is 0 Å². The van der Waals surface area contributed by atoms with E-state index in [4.69, 9.17) is 0 Å². The van der Waals surface area contributed by atoms with Gasteiger partial charge in [-0.3, -0.25) is 4.79 Å². The zero-order valence-corrected chi connectivity index (χ0v) is 14.5. The summed E-state index contributed by atoms with van der Waals surface area (Å²) in [5.74, 6) is 0.922. The number of aliphatic hydroxyl groups excluding tert-OH is 1. The van der Waals surface area contributed by atoms with Crippen molar-refractivity contribution >= 4 is 11.6 Å². The van der Waals surface area contributed by atoms with Crippen molar-refractivity contribution in [1.29, 1.82) is 0 Å². The van der Waals surface area contributed by atoms with Gasteiger partial charge >= 0.3 is 0 Å². The Balaban J connectivity index is 1.46. The molecule has 4 rings (SSSR count). The Morgan fingerprint density at radius 3 is 2.25 bits per heavy atom. The van der Waals surface area contributed by atoms with Crippen molar-refractivity contribution in [2.45, 2.75) is 63.6 Å². The van der Waals surface area contributed by atoms with Crippen molar-refractivity contribution in [1.82, 2.24) is 4.90 Å². The van der Waals surface area contributed by atoms with Crippen LogP contribution in [0.5, 0.6) is 0 Å². The van der Waals surface area contributed by atoms with Gasteiger partial charge < -0.3 is 14.9 Å². The predicted octanol–water partition coefficient (Wildman–Crippen LogP) is 3.05. The summed E-state index contributed by atoms with van der Waals surface area (Å²) >= 11 is 0. The van der Waals surface area contributed by atoms with Crippen molar-refractivity contribution in [2.24, 2.45) is 5.92 Å². The minimum absolute atomic E-state index is 0.155. The molecule has 1 heterocycles. The molecule has 130 valence electrons. The van der Waals surface area contributed by atoms with Crippen molar-refractivity contribution in [3.05, 3.63) is 29.8 Å². The molecule has 0 bridgehead atoms. The fraction of sp³-hybridized carbons (Fsp3) is 0.650. The fourth-order valence-electron chi connectivity index (χ4n) is 3.93. The summed E-state index contributed by atoms with van der Waals surface area (Å²) in [6.45, 7) is 4.00. The first-order chi connectivity index (χ1) is 11.6. The third kappa shape index (κ3) is 3.30. The topological polar surface area (TPSA) is 43.8 Å². The van der Waals surface area contributed by atoms with E-state index in [9.17, 15) is 9.90 Å². The van der Waals surface area contributed by atoms with Gasteiger partial charge in [-0.2, -0.15) is 0 Å². The number of anilines is 1. The molecular formula is C20H28N2O2. The molecular weight excluding hydrogens is 300 g/mol. The number of nitrogens with zero attached hydrogens (tertiary/aromatic N) is 2. The van der Waals surface area contributed by atoms with Gasteiger partial charge in [0.05, 0.1) is 6.10 Å². The van der Waals surface area contributed by atoms with Crippen LogP contribution in [-0.4, -0.2) is 47.2 Å². The fourth-order valence-corrected chi connectivity index (χ4v) is 3.93. The SMILES string of the molecule is CC(C1CC1)N(C(=O)c1ccc(N2CCC(O)CC2)cc1)C1CC1. The van der Waals surface area contributed by atoms with Crippen molar-refractivity contribution in [3.63, 3.8) is 0 Å². The molecule has 1 unspecified atom stereocenters. The number of benzene rings is 1. The number of hydrogen-bond donors (Lipinski definition) is 1. The Morgan fingerprint density at radius 2 is 1.71 bits per heavy atom. The molecule has 3 fully saturated rings. The van der Waals surface area contributed by atoms with Gasteiger partial charge in [-0.1, -0.05) is 0 Å². The van der Waals surface area contributed by atoms with Gasteiger partial charge in [-0.25, -0.2) is 0 Å². The third-order valence-electron chi connectivity index (χ3n) is 5.86. The minimum Gasteiger partial charge on any atom is -0.393 e. The van der Waals surface area contributed by atoms with Crippen LogP contribution in [0.3, 0.4) is 0 Å². The Kier molecular flexibility index (Phi) is 4.25. The number of aliphatic hydroxyl groups is 1. The molecule has 0 spiro atoms. The van der Waals surface area contributed by atoms with Crippen molar-refractivity contribution in [2.75, 3.05) is 18.0 Å². The van der Waals surface area contributed by atoms with Gasteiger partial charge in [0.15, 0.2) is 0 Å². The highest BCUT2D eigenvalue weighted by atomic mass is 16.3. The van der Waals surface area contributed by atoms with E-state index in [1.807, 2.05) is 12.1 Å². The van der Waals surface area contributed by atoms with Gasteiger partial charge in [-0.15, -0.1) is 0 Å². The number of piperidine rings is 1. The van der Waals surface area contributed by atoms with E-state index in [1.54, 1.807) is 0 Å². The van der Waals surface area contributed by atoms with Crippen molar-refractivity contribution < 1.29 is 9.90 Å². The molecule has 2 aliphatic carbocycles. The average molecular weight is 328 g/mol. The normalized spacial score (nSPS) is 23.2. The van der Waals surface area contributed by atoms with Crippen LogP contribution in [0, 0.1) is 5.92 Å². The number of amides is 1. The molecule has 4 heteroatoms. The van der Waals surface area contributed by atoms with Crippen LogP contribution in [-0.2, 0) is 0 Å². The highest BCUT2D eigenvalue weighted by molar-refractivity contribution is 5.95. The Morgan fingerprint density at radius 1 is 1.08 bits per heavy atom. The molecule has 1 aromatic carbocycles. The standard InChI is InChI=1S/C20H28N2O2/c1-14(15-2-3-15)22(18-8-9-18)20(24)16-4-6-17(7-5-16)21-12-10-19(23)11-13-21/h4-7,14-15,18-19,23H,2-3,8-13H2,1H3. The zero-order chi connectivity index (χ0) is 16.7. The lowest BCUT2D eigenvalue weighted by molar-refractivity contribution is 0.0654. The van der Waals surface area contributed by atoms with E-state index in [0.29, 0.717) is 18.0 Å². The van der Waals surface area contributed by atoms with Crippen LogP contribution in [0.15, 0.2) is 24.3 Å². The maximum absolute atomic E-state index is 13.0. The maximum atomic E-state index is 13.0. The molecule has 1 amide bonds. The summed E-state index contributed by atoms with van der Waals surface area (Å²) in [6.07, 6.45) is 6.38. The van der Waals surface area contributed by atoms with Crippen LogP contribution in [0.1, 0.15) is 55.8 Å². The van der Waals surface area contributed by atoms with Crippen LogP contribution in [0.25, 0.3) is 0 Å². The second kappa shape index (κ2) is 6.40. The van der Waals surface area contributed by atoms with E-state index in [1.165, 1.54) is 12.8 Å². The van der Waals surface area contributed by atoms with E-state index in [0.717, 1.165) is 50.0 Å². The summed E-state index contributed by atoms with van der Waals surface area (Å²) in [5.41, 5.74) is 1.97. The lowest BCUT2D eigenvalue weighted by Crippen LogP contribution is -2.41. The molecule has 1 aliphatic heterocycles. The monoisotopic (exact) mass is 328 g/mol. The third-order valence-corrected chi connectivity index (χ3v) is 5.86. The summed E-state index contributed by atoms with van der Waals surface area (Å²) in [5, 5.41) is 9.63. The van der Waals surface area contributed by atoms with Crippen LogP contribution >= 0.6 is 0 Å². The van der Waals surface area contributed by atoms with Gasteiger partial charge in [0, 0.05) is 36.4 Å². The number of rotatable bonds is 5. The number of carbonyl (C=O) groups is 1. The molecule has 3 aliphatic rings. The van der Waals surface area contributed by atoms with Crippen LogP contribution in [0.2, 0.25) is 0 Å². The highest BCUT2D eigenvalue weighted by Gasteiger charge is 2.41.